The predicted octanol–water partition coefficient (Wildman–Crippen LogP) is 3.11. The van der Waals surface area contributed by atoms with Crippen LogP contribution in [0.3, 0.4) is 0 Å². The quantitative estimate of drug-likeness (QED) is 0.771. The molecule has 0 bridgehead atoms. The molecule has 0 saturated heterocycles. The summed E-state index contributed by atoms with van der Waals surface area (Å²) in [4.78, 5) is 12.0. The number of aromatic nitrogens is 2. The topological polar surface area (TPSA) is 56.2 Å². The minimum Gasteiger partial charge on any atom is -0.493 e. The molecule has 5 nitrogen and oxygen atoms in total. The first-order valence-corrected chi connectivity index (χ1v) is 8.78. The number of nitrogens with one attached hydrogen (secondary N) is 1. The zero-order valence-electron chi connectivity index (χ0n) is 14.7. The second-order valence-electron chi connectivity index (χ2n) is 6.61. The average Bonchev–Trinajstić information content (AvgIpc) is 3.28. The van der Waals surface area contributed by atoms with Crippen LogP contribution in [0.2, 0.25) is 0 Å². The number of aryl methyl sites for hydroxylation is 1. The summed E-state index contributed by atoms with van der Waals surface area (Å²) in [5, 5.41) is 7.06. The highest BCUT2D eigenvalue weighted by Crippen LogP contribution is 2.30. The summed E-state index contributed by atoms with van der Waals surface area (Å²) in [7, 11) is 0. The van der Waals surface area contributed by atoms with Crippen molar-refractivity contribution in [3.63, 3.8) is 0 Å². The van der Waals surface area contributed by atoms with Crippen molar-refractivity contribution in [3.8, 4) is 16.9 Å². The van der Waals surface area contributed by atoms with Gasteiger partial charge in [-0.15, -0.1) is 0 Å². The minimum atomic E-state index is -0.0456. The normalized spacial score (nSPS) is 12.5. The third kappa shape index (κ3) is 3.61. The predicted molar refractivity (Wildman–Crippen MR) is 99.9 cm³/mol. The standard InChI is InChI=1S/C21H21N3O2/c1-15-11-23-24(13-15)14-21(25)22-12-16-2-4-17(5-3-16)18-6-7-20-19(10-18)8-9-26-20/h2-7,10-11,13H,8-9,12,14H2,1H3,(H,22,25). The molecule has 3 aromatic rings. The van der Waals surface area contributed by atoms with Crippen molar-refractivity contribution < 1.29 is 9.53 Å². The number of nitrogens with zero attached hydrogens (tertiary/aromatic N) is 2. The molecule has 1 N–H and O–H groups in total. The van der Waals surface area contributed by atoms with Gasteiger partial charge in [0.2, 0.25) is 5.91 Å². The van der Waals surface area contributed by atoms with Gasteiger partial charge in [0.05, 0.1) is 12.8 Å². The van der Waals surface area contributed by atoms with E-state index < -0.39 is 0 Å². The Morgan fingerprint density at radius 3 is 2.77 bits per heavy atom. The van der Waals surface area contributed by atoms with Crippen molar-refractivity contribution in [2.45, 2.75) is 26.4 Å². The third-order valence-electron chi connectivity index (χ3n) is 4.53. The Hall–Kier alpha value is -3.08. The molecule has 1 amide bonds. The number of hydrogen-bond acceptors (Lipinski definition) is 3. The third-order valence-corrected chi connectivity index (χ3v) is 4.53. The molecule has 0 saturated carbocycles. The van der Waals surface area contributed by atoms with Gasteiger partial charge in [0.25, 0.3) is 0 Å². The Kier molecular flexibility index (Phi) is 4.44. The molecule has 1 aromatic heterocycles. The van der Waals surface area contributed by atoms with Crippen molar-refractivity contribution in [1.29, 1.82) is 0 Å². The molecule has 0 radical (unpaired) electrons. The van der Waals surface area contributed by atoms with Gasteiger partial charge < -0.3 is 10.1 Å². The van der Waals surface area contributed by atoms with Crippen LogP contribution in [0.25, 0.3) is 11.1 Å². The Morgan fingerprint density at radius 2 is 2.00 bits per heavy atom. The summed E-state index contributed by atoms with van der Waals surface area (Å²) in [6.07, 6.45) is 4.58. The van der Waals surface area contributed by atoms with Gasteiger partial charge in [0.15, 0.2) is 0 Å². The van der Waals surface area contributed by atoms with Crippen molar-refractivity contribution in [3.05, 3.63) is 71.5 Å². The van der Waals surface area contributed by atoms with Crippen LogP contribution in [-0.4, -0.2) is 22.3 Å². The van der Waals surface area contributed by atoms with Crippen LogP contribution in [0, 0.1) is 6.92 Å². The molecule has 132 valence electrons. The summed E-state index contributed by atoms with van der Waals surface area (Å²) < 4.78 is 7.20. The molecule has 0 atom stereocenters. The summed E-state index contributed by atoms with van der Waals surface area (Å²) in [6, 6.07) is 14.6. The van der Waals surface area contributed by atoms with Crippen LogP contribution in [0.15, 0.2) is 54.9 Å². The Labute approximate surface area is 152 Å². The molecular formula is C21H21N3O2. The highest BCUT2D eigenvalue weighted by Gasteiger charge is 2.12. The van der Waals surface area contributed by atoms with Gasteiger partial charge in [-0.3, -0.25) is 9.48 Å². The fourth-order valence-corrected chi connectivity index (χ4v) is 3.14. The highest BCUT2D eigenvalue weighted by molar-refractivity contribution is 5.75. The average molecular weight is 347 g/mol. The van der Waals surface area contributed by atoms with E-state index in [0.717, 1.165) is 29.9 Å². The van der Waals surface area contributed by atoms with Gasteiger partial charge in [-0.05, 0) is 46.9 Å². The van der Waals surface area contributed by atoms with Gasteiger partial charge in [-0.1, -0.05) is 30.3 Å². The molecule has 0 unspecified atom stereocenters. The van der Waals surface area contributed by atoms with E-state index in [4.69, 9.17) is 4.74 Å². The van der Waals surface area contributed by atoms with Crippen LogP contribution < -0.4 is 10.1 Å². The molecule has 4 rings (SSSR count). The number of fused-ring (bicyclic) bond motifs is 1. The van der Waals surface area contributed by atoms with Gasteiger partial charge >= 0.3 is 0 Å². The summed E-state index contributed by atoms with van der Waals surface area (Å²) in [6.45, 7) is 3.48. The lowest BCUT2D eigenvalue weighted by atomic mass is 10.0. The number of hydrogen-bond donors (Lipinski definition) is 1. The molecule has 0 spiro atoms. The maximum atomic E-state index is 12.0. The monoisotopic (exact) mass is 347 g/mol. The van der Waals surface area contributed by atoms with Crippen molar-refractivity contribution in [2.75, 3.05) is 6.61 Å². The highest BCUT2D eigenvalue weighted by atomic mass is 16.5. The summed E-state index contributed by atoms with van der Waals surface area (Å²) in [5.41, 5.74) is 5.75. The first-order chi connectivity index (χ1) is 12.7. The first-order valence-electron chi connectivity index (χ1n) is 8.78. The van der Waals surface area contributed by atoms with Gasteiger partial charge in [0, 0.05) is 19.2 Å². The minimum absolute atomic E-state index is 0.0456. The van der Waals surface area contributed by atoms with Crippen molar-refractivity contribution >= 4 is 5.91 Å². The van der Waals surface area contributed by atoms with E-state index in [-0.39, 0.29) is 12.5 Å². The number of benzene rings is 2. The number of ether oxygens (including phenoxy) is 1. The van der Waals surface area contributed by atoms with E-state index in [1.54, 1.807) is 10.9 Å². The molecule has 0 aliphatic carbocycles. The molecule has 26 heavy (non-hydrogen) atoms. The molecular weight excluding hydrogens is 326 g/mol. The van der Waals surface area contributed by atoms with E-state index in [1.165, 1.54) is 16.7 Å². The van der Waals surface area contributed by atoms with Gasteiger partial charge in [-0.25, -0.2) is 0 Å². The number of carbonyl (C=O) groups is 1. The Morgan fingerprint density at radius 1 is 1.19 bits per heavy atom. The fourth-order valence-electron chi connectivity index (χ4n) is 3.14. The fraction of sp³-hybridized carbons (Fsp3) is 0.238. The number of carbonyl (C=O) groups excluding carboxylic acids is 1. The van der Waals surface area contributed by atoms with Crippen LogP contribution >= 0.6 is 0 Å². The van der Waals surface area contributed by atoms with Crippen LogP contribution in [0.5, 0.6) is 5.75 Å². The smallest absolute Gasteiger partial charge is 0.241 e. The lowest BCUT2D eigenvalue weighted by Crippen LogP contribution is -2.27. The van der Waals surface area contributed by atoms with E-state index in [1.807, 2.05) is 19.2 Å². The molecule has 5 heteroatoms. The number of rotatable bonds is 5. The molecule has 0 fully saturated rings. The van der Waals surface area contributed by atoms with Crippen molar-refractivity contribution in [1.82, 2.24) is 15.1 Å². The Balaban J connectivity index is 1.36. The van der Waals surface area contributed by atoms with E-state index in [9.17, 15) is 4.79 Å². The molecule has 1 aliphatic heterocycles. The van der Waals surface area contributed by atoms with E-state index in [2.05, 4.69) is 46.8 Å². The molecule has 2 aromatic carbocycles. The molecule has 1 aliphatic rings. The van der Waals surface area contributed by atoms with Gasteiger partial charge in [-0.2, -0.15) is 5.10 Å². The SMILES string of the molecule is Cc1cnn(CC(=O)NCc2ccc(-c3ccc4c(c3)CCO4)cc2)c1. The van der Waals surface area contributed by atoms with Crippen LogP contribution in [0.4, 0.5) is 0 Å². The zero-order chi connectivity index (χ0) is 17.9. The van der Waals surface area contributed by atoms with E-state index >= 15 is 0 Å². The van der Waals surface area contributed by atoms with Crippen molar-refractivity contribution in [2.24, 2.45) is 0 Å². The van der Waals surface area contributed by atoms with Gasteiger partial charge in [0.1, 0.15) is 12.3 Å². The summed E-state index contributed by atoms with van der Waals surface area (Å²) >= 11 is 0. The van der Waals surface area contributed by atoms with Crippen LogP contribution in [-0.2, 0) is 24.3 Å². The maximum Gasteiger partial charge on any atom is 0.241 e. The lowest BCUT2D eigenvalue weighted by Gasteiger charge is -2.08. The second-order valence-corrected chi connectivity index (χ2v) is 6.61. The lowest BCUT2D eigenvalue weighted by molar-refractivity contribution is -0.122. The second kappa shape index (κ2) is 7.04. The zero-order valence-corrected chi connectivity index (χ0v) is 14.7. The first kappa shape index (κ1) is 16.4. The number of amides is 1. The van der Waals surface area contributed by atoms with Crippen LogP contribution in [0.1, 0.15) is 16.7 Å². The van der Waals surface area contributed by atoms with E-state index in [0.29, 0.717) is 6.54 Å². The summed E-state index contributed by atoms with van der Waals surface area (Å²) in [5.74, 6) is 0.955. The molecule has 2 heterocycles. The maximum absolute atomic E-state index is 12.0. The largest absolute Gasteiger partial charge is 0.493 e. The Bertz CT molecular complexity index is 929.